The van der Waals surface area contributed by atoms with Gasteiger partial charge < -0.3 is 4.84 Å². The van der Waals surface area contributed by atoms with Gasteiger partial charge in [-0.05, 0) is 29.8 Å². The van der Waals surface area contributed by atoms with E-state index in [1.54, 1.807) is 24.3 Å². The van der Waals surface area contributed by atoms with Crippen LogP contribution >= 0.6 is 15.9 Å². The lowest BCUT2D eigenvalue weighted by molar-refractivity contribution is 0.129. The summed E-state index contributed by atoms with van der Waals surface area (Å²) in [5.41, 5.74) is 1.12. The quantitative estimate of drug-likeness (QED) is 0.607. The van der Waals surface area contributed by atoms with Gasteiger partial charge in [-0.15, -0.1) is 0 Å². The minimum absolute atomic E-state index is 0.0385. The molecule has 0 aliphatic carbocycles. The first-order valence-corrected chi connectivity index (χ1v) is 6.29. The Morgan fingerprint density at radius 3 is 2.53 bits per heavy atom. The minimum atomic E-state index is -0.355. The summed E-state index contributed by atoms with van der Waals surface area (Å²) in [6, 6.07) is 10.5. The predicted octanol–water partition coefficient (Wildman–Crippen LogP) is 4.28. The Morgan fingerprint density at radius 1 is 1.11 bits per heavy atom. The summed E-state index contributed by atoms with van der Waals surface area (Å²) in [5, 5.41) is 3.70. The van der Waals surface area contributed by atoms with Crippen LogP contribution in [0.1, 0.15) is 11.1 Å². The van der Waals surface area contributed by atoms with E-state index >= 15 is 0 Å². The van der Waals surface area contributed by atoms with E-state index in [4.69, 9.17) is 4.84 Å². The number of rotatable bonds is 4. The van der Waals surface area contributed by atoms with E-state index < -0.39 is 0 Å². The van der Waals surface area contributed by atoms with Gasteiger partial charge in [0.25, 0.3) is 0 Å². The van der Waals surface area contributed by atoms with Crippen LogP contribution in [0, 0.1) is 11.6 Å². The van der Waals surface area contributed by atoms with Crippen molar-refractivity contribution < 1.29 is 13.6 Å². The highest BCUT2D eigenvalue weighted by molar-refractivity contribution is 9.10. The van der Waals surface area contributed by atoms with Gasteiger partial charge in [-0.25, -0.2) is 8.78 Å². The summed E-state index contributed by atoms with van der Waals surface area (Å²) in [5.74, 6) is -0.665. The van der Waals surface area contributed by atoms with Crippen molar-refractivity contribution in [2.24, 2.45) is 5.16 Å². The maximum absolute atomic E-state index is 13.4. The van der Waals surface area contributed by atoms with Gasteiger partial charge in [0.15, 0.2) is 0 Å². The molecule has 0 spiro atoms. The zero-order valence-corrected chi connectivity index (χ0v) is 11.4. The number of halogens is 3. The lowest BCUT2D eigenvalue weighted by Gasteiger charge is -2.02. The maximum atomic E-state index is 13.4. The largest absolute Gasteiger partial charge is 0.391 e. The second-order valence-electron chi connectivity index (χ2n) is 3.80. The fourth-order valence-electron chi connectivity index (χ4n) is 1.39. The van der Waals surface area contributed by atoms with E-state index in [-0.39, 0.29) is 18.2 Å². The molecule has 0 N–H and O–H groups in total. The molecule has 2 aromatic rings. The SMILES string of the molecule is Fc1ccc(/C=N/OCc2ccc(Br)cc2F)cc1. The van der Waals surface area contributed by atoms with E-state index in [9.17, 15) is 8.78 Å². The van der Waals surface area contributed by atoms with Crippen molar-refractivity contribution in [3.63, 3.8) is 0 Å². The van der Waals surface area contributed by atoms with Crippen molar-refractivity contribution in [3.05, 3.63) is 69.7 Å². The fraction of sp³-hybridized carbons (Fsp3) is 0.0714. The summed E-state index contributed by atoms with van der Waals surface area (Å²) in [4.78, 5) is 4.99. The van der Waals surface area contributed by atoms with Crippen molar-refractivity contribution in [1.82, 2.24) is 0 Å². The fourth-order valence-corrected chi connectivity index (χ4v) is 1.73. The Morgan fingerprint density at radius 2 is 1.84 bits per heavy atom. The second-order valence-corrected chi connectivity index (χ2v) is 4.71. The van der Waals surface area contributed by atoms with E-state index in [1.807, 2.05) is 0 Å². The molecule has 0 fully saturated rings. The first kappa shape index (κ1) is 13.7. The Balaban J connectivity index is 1.91. The molecule has 0 aliphatic rings. The molecule has 0 bridgehead atoms. The zero-order chi connectivity index (χ0) is 13.7. The number of oxime groups is 1. The van der Waals surface area contributed by atoms with E-state index in [0.717, 1.165) is 0 Å². The molecule has 5 heteroatoms. The molecule has 2 nitrogen and oxygen atoms in total. The van der Waals surface area contributed by atoms with Crippen molar-refractivity contribution in [2.45, 2.75) is 6.61 Å². The van der Waals surface area contributed by atoms with Crippen LogP contribution in [0.5, 0.6) is 0 Å². The molecule has 19 heavy (non-hydrogen) atoms. The highest BCUT2D eigenvalue weighted by Gasteiger charge is 2.02. The molecule has 0 atom stereocenters. The molecule has 0 radical (unpaired) electrons. The summed E-state index contributed by atoms with van der Waals surface area (Å²) >= 11 is 3.17. The van der Waals surface area contributed by atoms with Crippen LogP contribution in [0.15, 0.2) is 52.1 Å². The van der Waals surface area contributed by atoms with Crippen molar-refractivity contribution in [3.8, 4) is 0 Å². The second kappa shape index (κ2) is 6.43. The Hall–Kier alpha value is -1.75. The third-order valence-electron chi connectivity index (χ3n) is 2.38. The molecule has 0 saturated carbocycles. The first-order valence-electron chi connectivity index (χ1n) is 5.50. The number of hydrogen-bond donors (Lipinski definition) is 0. The highest BCUT2D eigenvalue weighted by atomic mass is 79.9. The highest BCUT2D eigenvalue weighted by Crippen LogP contribution is 2.15. The molecular formula is C14H10BrF2NO. The molecule has 0 aromatic heterocycles. The van der Waals surface area contributed by atoms with Gasteiger partial charge in [0, 0.05) is 10.0 Å². The summed E-state index contributed by atoms with van der Waals surface area (Å²) in [6.45, 7) is 0.0385. The van der Waals surface area contributed by atoms with E-state index in [1.165, 1.54) is 24.4 Å². The normalized spacial score (nSPS) is 10.9. The molecule has 0 amide bonds. The number of benzene rings is 2. The van der Waals surface area contributed by atoms with Crippen LogP contribution in [0.3, 0.4) is 0 Å². The Labute approximate surface area is 117 Å². The van der Waals surface area contributed by atoms with E-state index in [0.29, 0.717) is 15.6 Å². The maximum Gasteiger partial charge on any atom is 0.145 e. The molecule has 0 unspecified atom stereocenters. The van der Waals surface area contributed by atoms with Crippen LogP contribution in [0.25, 0.3) is 0 Å². The Bertz CT molecular complexity index is 584. The third-order valence-corrected chi connectivity index (χ3v) is 2.87. The molecule has 2 aromatic carbocycles. The standard InChI is InChI=1S/C14H10BrF2NO/c15-12-4-3-11(14(17)7-12)9-19-18-8-10-1-5-13(16)6-2-10/h1-8H,9H2/b18-8+. The van der Waals surface area contributed by atoms with Gasteiger partial charge in [-0.2, -0.15) is 0 Å². The number of hydrogen-bond acceptors (Lipinski definition) is 2. The van der Waals surface area contributed by atoms with Crippen LogP contribution in [0.2, 0.25) is 0 Å². The topological polar surface area (TPSA) is 21.6 Å². The summed E-state index contributed by atoms with van der Waals surface area (Å²) in [7, 11) is 0. The number of nitrogens with zero attached hydrogens (tertiary/aromatic N) is 1. The lowest BCUT2D eigenvalue weighted by atomic mass is 10.2. The molecule has 98 valence electrons. The monoisotopic (exact) mass is 325 g/mol. The van der Waals surface area contributed by atoms with Gasteiger partial charge >= 0.3 is 0 Å². The molecule has 0 saturated heterocycles. The first-order chi connectivity index (χ1) is 9.15. The minimum Gasteiger partial charge on any atom is -0.391 e. The molecule has 2 rings (SSSR count). The summed E-state index contributed by atoms with van der Waals surface area (Å²) < 4.78 is 26.8. The molecule has 0 aliphatic heterocycles. The van der Waals surface area contributed by atoms with Gasteiger partial charge in [0.05, 0.1) is 6.21 Å². The molecule has 0 heterocycles. The average molecular weight is 326 g/mol. The van der Waals surface area contributed by atoms with Gasteiger partial charge in [-0.1, -0.05) is 39.3 Å². The van der Waals surface area contributed by atoms with Crippen LogP contribution < -0.4 is 0 Å². The summed E-state index contributed by atoms with van der Waals surface area (Å²) in [6.07, 6.45) is 1.44. The third kappa shape index (κ3) is 4.13. The van der Waals surface area contributed by atoms with E-state index in [2.05, 4.69) is 21.1 Å². The van der Waals surface area contributed by atoms with Crippen molar-refractivity contribution in [1.29, 1.82) is 0 Å². The van der Waals surface area contributed by atoms with Crippen molar-refractivity contribution in [2.75, 3.05) is 0 Å². The van der Waals surface area contributed by atoms with Crippen LogP contribution in [-0.4, -0.2) is 6.21 Å². The molecular weight excluding hydrogens is 316 g/mol. The van der Waals surface area contributed by atoms with Gasteiger partial charge in [-0.3, -0.25) is 0 Å². The smallest absolute Gasteiger partial charge is 0.145 e. The zero-order valence-electron chi connectivity index (χ0n) is 9.82. The van der Waals surface area contributed by atoms with Crippen LogP contribution in [-0.2, 0) is 11.4 Å². The lowest BCUT2D eigenvalue weighted by Crippen LogP contribution is -1.92. The van der Waals surface area contributed by atoms with Crippen LogP contribution in [0.4, 0.5) is 8.78 Å². The van der Waals surface area contributed by atoms with Gasteiger partial charge in [0.1, 0.15) is 18.2 Å². The van der Waals surface area contributed by atoms with Gasteiger partial charge in [0.2, 0.25) is 0 Å². The average Bonchev–Trinajstić information content (AvgIpc) is 2.39. The Kier molecular flexibility index (Phi) is 4.63. The predicted molar refractivity (Wildman–Crippen MR) is 72.9 cm³/mol. The van der Waals surface area contributed by atoms with Crippen molar-refractivity contribution >= 4 is 22.1 Å².